The minimum Gasteiger partial charge on any atom is -0.423 e. The van der Waals surface area contributed by atoms with Gasteiger partial charge in [-0.25, -0.2) is 14.4 Å². The summed E-state index contributed by atoms with van der Waals surface area (Å²) in [6.07, 6.45) is 0.574. The molecule has 105 heavy (non-hydrogen) atoms. The summed E-state index contributed by atoms with van der Waals surface area (Å²) in [5.41, 5.74) is 18.8. The van der Waals surface area contributed by atoms with E-state index in [1.54, 1.807) is 36.4 Å². The van der Waals surface area contributed by atoms with Crippen molar-refractivity contribution in [2.24, 2.45) is 0 Å². The van der Waals surface area contributed by atoms with E-state index in [1.807, 2.05) is 109 Å². The van der Waals surface area contributed by atoms with Gasteiger partial charge in [0.2, 0.25) is 0 Å². The number of esters is 3. The van der Waals surface area contributed by atoms with E-state index in [2.05, 4.69) is 245 Å². The van der Waals surface area contributed by atoms with Crippen LogP contribution in [-0.2, 0) is 5.41 Å². The maximum absolute atomic E-state index is 14.1. The number of hydrogen-bond acceptors (Lipinski definition) is 9. The lowest BCUT2D eigenvalue weighted by Crippen LogP contribution is -2.28. The molecule has 0 aliphatic carbocycles. The van der Waals surface area contributed by atoms with Gasteiger partial charge in [0.05, 0.1) is 16.7 Å². The minimum atomic E-state index is -0.816. The Labute approximate surface area is 613 Å². The molecule has 0 aliphatic heterocycles. The average Bonchev–Trinajstić information content (AvgIpc) is 0.754. The summed E-state index contributed by atoms with van der Waals surface area (Å²) in [4.78, 5) is 48.9. The molecule has 9 nitrogen and oxygen atoms in total. The summed E-state index contributed by atoms with van der Waals surface area (Å²) in [6.45, 7) is 14.7. The van der Waals surface area contributed by atoms with Gasteiger partial charge in [-0.15, -0.1) is 0 Å². The van der Waals surface area contributed by atoms with Gasteiger partial charge in [0.25, 0.3) is 0 Å². The van der Waals surface area contributed by atoms with Crippen molar-refractivity contribution < 1.29 is 28.6 Å². The first-order valence-electron chi connectivity index (χ1n) is 35.5. The Morgan fingerprint density at radius 1 is 0.238 bits per heavy atom. The fraction of sp³-hybridized carbons (Fsp3) is 0.0938. The zero-order valence-electron chi connectivity index (χ0n) is 59.7. The Kier molecular flexibility index (Phi) is 18.8. The number of carbonyl (C=O) groups is 3. The van der Waals surface area contributed by atoms with Gasteiger partial charge in [0.1, 0.15) is 17.2 Å². The third-order valence-corrected chi connectivity index (χ3v) is 19.9. The lowest BCUT2D eigenvalue weighted by Gasteiger charge is -2.35. The quantitative estimate of drug-likeness (QED) is 0.0446. The Bertz CT molecular complexity index is 5140. The summed E-state index contributed by atoms with van der Waals surface area (Å²) in [5, 5.41) is 6.90. The van der Waals surface area contributed by atoms with Crippen LogP contribution in [0.2, 0.25) is 0 Å². The summed E-state index contributed by atoms with van der Waals surface area (Å²) in [7, 11) is 0. The first-order valence-corrected chi connectivity index (χ1v) is 35.5. The molecular weight excluding hydrogens is 1290 g/mol. The zero-order chi connectivity index (χ0) is 72.3. The van der Waals surface area contributed by atoms with Crippen LogP contribution >= 0.6 is 0 Å². The summed E-state index contributed by atoms with van der Waals surface area (Å²) in [5.74, 6) is -0.386. The molecule has 0 atom stereocenters. The van der Waals surface area contributed by atoms with Gasteiger partial charge in [-0.3, -0.25) is 0 Å². The largest absolute Gasteiger partial charge is 0.423 e. The molecule has 15 rings (SSSR count). The standard InChI is InChI=1S/C96H77N3O6/c1-8-96(78-30-51-90(52-31-78)103-93(100)69-21-42-84(43-22-69)97(81-36-12-63(2)13-37-81)87-48-27-72-57-66(5)9-18-75(72)60-87,79-32-53-91(54-33-79)104-94(101)70-23-44-85(45-24-70)98(82-38-14-64(3)15-39-82)88-49-28-73-58-67(6)10-19-76(73)61-88)80-34-55-92(56-35-80)105-95(102)71-25-46-86(47-26-71)99(83-40-16-65(4)17-41-83)89-50-29-74-59-68(7)11-20-77(74)62-89/h9-62H,8H2,1-7H3. The van der Waals surface area contributed by atoms with E-state index in [1.165, 1.54) is 32.8 Å². The number of hydrogen-bond donors (Lipinski definition) is 0. The fourth-order valence-corrected chi connectivity index (χ4v) is 14.2. The molecule has 9 heteroatoms. The van der Waals surface area contributed by atoms with Crippen molar-refractivity contribution in [1.29, 1.82) is 0 Å². The SMILES string of the molecule is CCC(c1ccc(OC(=O)c2ccc(N(c3ccc(C)cc3)c3ccc4cc(C)ccc4c3)cc2)cc1)(c1ccc(OC(=O)c2ccc(N(c3ccc(C)cc3)c3ccc4cc(C)ccc4c3)cc2)cc1)c1ccc(OC(=O)c2ccc(N(c3ccc(C)cc3)c3ccc4cc(C)ccc4c3)cc2)cc1. The number of benzene rings is 15. The van der Waals surface area contributed by atoms with Gasteiger partial charge in [-0.1, -0.05) is 186 Å². The van der Waals surface area contributed by atoms with Crippen molar-refractivity contribution in [3.8, 4) is 17.2 Å². The van der Waals surface area contributed by atoms with Gasteiger partial charge in [0.15, 0.2) is 0 Å². The van der Waals surface area contributed by atoms with Crippen molar-refractivity contribution in [2.75, 3.05) is 14.7 Å². The van der Waals surface area contributed by atoms with Crippen LogP contribution < -0.4 is 28.9 Å². The minimum absolute atomic E-state index is 0.370. The highest BCUT2D eigenvalue weighted by Crippen LogP contribution is 2.46. The third-order valence-electron chi connectivity index (χ3n) is 19.9. The van der Waals surface area contributed by atoms with Crippen LogP contribution in [0.1, 0.15) is 94.5 Å². The Morgan fingerprint density at radius 3 is 0.676 bits per heavy atom. The van der Waals surface area contributed by atoms with Crippen LogP contribution in [0.3, 0.4) is 0 Å². The molecule has 0 unspecified atom stereocenters. The molecule has 0 saturated carbocycles. The molecule has 0 spiro atoms. The Hall–Kier alpha value is -13.1. The van der Waals surface area contributed by atoms with Crippen LogP contribution in [0.25, 0.3) is 32.3 Å². The van der Waals surface area contributed by atoms with Crippen LogP contribution in [0.15, 0.2) is 328 Å². The predicted octanol–water partition coefficient (Wildman–Crippen LogP) is 24.8. The van der Waals surface area contributed by atoms with Crippen LogP contribution in [0.4, 0.5) is 51.2 Å². The zero-order valence-corrected chi connectivity index (χ0v) is 59.7. The second-order valence-corrected chi connectivity index (χ2v) is 27.3. The second-order valence-electron chi connectivity index (χ2n) is 27.3. The molecule has 0 fully saturated rings. The molecule has 15 aromatic rings. The average molecular weight is 1370 g/mol. The van der Waals surface area contributed by atoms with E-state index >= 15 is 0 Å². The molecule has 0 radical (unpaired) electrons. The molecule has 512 valence electrons. The van der Waals surface area contributed by atoms with E-state index in [0.717, 1.165) is 101 Å². The van der Waals surface area contributed by atoms with Crippen LogP contribution in [0.5, 0.6) is 17.2 Å². The van der Waals surface area contributed by atoms with Gasteiger partial charge < -0.3 is 28.9 Å². The highest BCUT2D eigenvalue weighted by atomic mass is 16.5. The van der Waals surface area contributed by atoms with E-state index in [-0.39, 0.29) is 0 Å². The van der Waals surface area contributed by atoms with Crippen molar-refractivity contribution >= 4 is 101 Å². The molecular formula is C96H77N3O6. The normalized spacial score (nSPS) is 11.3. The Morgan fingerprint density at radius 2 is 0.438 bits per heavy atom. The summed E-state index contributed by atoms with van der Waals surface area (Å²) < 4.78 is 18.4. The number of nitrogens with zero attached hydrogens (tertiary/aromatic N) is 3. The smallest absolute Gasteiger partial charge is 0.343 e. The molecule has 0 heterocycles. The molecule has 15 aromatic carbocycles. The molecule has 0 bridgehead atoms. The molecule has 0 aromatic heterocycles. The van der Waals surface area contributed by atoms with Crippen LogP contribution in [-0.4, -0.2) is 17.9 Å². The Balaban J connectivity index is 0.697. The number of aryl methyl sites for hydroxylation is 6. The summed E-state index contributed by atoms with van der Waals surface area (Å²) >= 11 is 0. The van der Waals surface area contributed by atoms with Crippen molar-refractivity contribution in [3.63, 3.8) is 0 Å². The molecule has 0 saturated heterocycles. The first-order chi connectivity index (χ1) is 51.1. The van der Waals surface area contributed by atoms with E-state index in [9.17, 15) is 14.4 Å². The number of carbonyl (C=O) groups excluding carboxylic acids is 3. The van der Waals surface area contributed by atoms with Gasteiger partial charge >= 0.3 is 17.9 Å². The highest BCUT2D eigenvalue weighted by Gasteiger charge is 2.35. The molecule has 0 amide bonds. The third kappa shape index (κ3) is 14.3. The van der Waals surface area contributed by atoms with Gasteiger partial charge in [-0.2, -0.15) is 0 Å². The maximum Gasteiger partial charge on any atom is 0.343 e. The van der Waals surface area contributed by atoms with E-state index in [0.29, 0.717) is 40.4 Å². The predicted molar refractivity (Wildman–Crippen MR) is 429 cm³/mol. The number of fused-ring (bicyclic) bond motifs is 3. The monoisotopic (exact) mass is 1370 g/mol. The lowest BCUT2D eigenvalue weighted by atomic mass is 9.67. The lowest BCUT2D eigenvalue weighted by molar-refractivity contribution is 0.0725. The van der Waals surface area contributed by atoms with E-state index in [4.69, 9.17) is 14.2 Å². The van der Waals surface area contributed by atoms with E-state index < -0.39 is 23.3 Å². The number of rotatable bonds is 19. The second kappa shape index (κ2) is 29.1. The van der Waals surface area contributed by atoms with Crippen molar-refractivity contribution in [1.82, 2.24) is 0 Å². The highest BCUT2D eigenvalue weighted by molar-refractivity contribution is 5.97. The van der Waals surface area contributed by atoms with Crippen molar-refractivity contribution in [3.05, 3.63) is 394 Å². The fourth-order valence-electron chi connectivity index (χ4n) is 14.2. The first kappa shape index (κ1) is 67.7. The maximum atomic E-state index is 14.1. The molecule has 0 aliphatic rings. The topological polar surface area (TPSA) is 88.6 Å². The van der Waals surface area contributed by atoms with Gasteiger partial charge in [-0.05, 0) is 279 Å². The number of ether oxygens (including phenoxy) is 3. The summed E-state index contributed by atoms with van der Waals surface area (Å²) in [6, 6.07) is 109. The number of anilines is 9. The van der Waals surface area contributed by atoms with Gasteiger partial charge in [0, 0.05) is 56.6 Å². The van der Waals surface area contributed by atoms with Crippen LogP contribution in [0, 0.1) is 41.5 Å². The van der Waals surface area contributed by atoms with Crippen molar-refractivity contribution in [2.45, 2.75) is 60.3 Å². The molecule has 0 N–H and O–H groups in total.